The van der Waals surface area contributed by atoms with E-state index in [0.29, 0.717) is 11.9 Å². The SMILES string of the molecule is O=C(O)CC1c2cccc(F)c2N=C(N2CCn3c(cc4cc(F)ccc43)C2)N1c1cc(C(F)(F)F)ccc1O. The number of aromatic hydroxyl groups is 1. The Bertz CT molecular complexity index is 1700. The zero-order chi connectivity index (χ0) is 28.3. The second-order valence-corrected chi connectivity index (χ2v) is 9.69. The lowest BCUT2D eigenvalue weighted by Crippen LogP contribution is -2.50. The summed E-state index contributed by atoms with van der Waals surface area (Å²) in [5.74, 6) is -2.95. The summed E-state index contributed by atoms with van der Waals surface area (Å²) in [7, 11) is 0. The van der Waals surface area contributed by atoms with Crippen LogP contribution in [0.4, 0.5) is 33.3 Å². The van der Waals surface area contributed by atoms with E-state index < -0.39 is 47.6 Å². The van der Waals surface area contributed by atoms with Gasteiger partial charge in [0.25, 0.3) is 0 Å². The third kappa shape index (κ3) is 4.29. The molecule has 6 rings (SSSR count). The van der Waals surface area contributed by atoms with Crippen LogP contribution in [-0.2, 0) is 24.1 Å². The van der Waals surface area contributed by atoms with Crippen molar-refractivity contribution in [2.75, 3.05) is 11.4 Å². The van der Waals surface area contributed by atoms with E-state index in [1.807, 2.05) is 4.57 Å². The Hall–Kier alpha value is -4.61. The Balaban J connectivity index is 1.53. The fourth-order valence-corrected chi connectivity index (χ4v) is 5.47. The summed E-state index contributed by atoms with van der Waals surface area (Å²) in [4.78, 5) is 19.4. The van der Waals surface area contributed by atoms with Gasteiger partial charge in [-0.15, -0.1) is 0 Å². The molecule has 0 fully saturated rings. The van der Waals surface area contributed by atoms with E-state index in [-0.39, 0.29) is 36.0 Å². The smallest absolute Gasteiger partial charge is 0.416 e. The number of phenols is 1. The fraction of sp³-hybridized carbons (Fsp3) is 0.214. The van der Waals surface area contributed by atoms with Crippen molar-refractivity contribution < 1.29 is 37.0 Å². The molecular formula is C28H21F5N4O3. The first-order valence-electron chi connectivity index (χ1n) is 12.3. The first-order chi connectivity index (χ1) is 19.0. The van der Waals surface area contributed by atoms with Gasteiger partial charge in [-0.25, -0.2) is 13.8 Å². The van der Waals surface area contributed by atoms with Crippen molar-refractivity contribution in [3.63, 3.8) is 0 Å². The number of nitrogens with zero attached hydrogens (tertiary/aromatic N) is 4. The van der Waals surface area contributed by atoms with Crippen molar-refractivity contribution in [3.05, 3.63) is 89.1 Å². The molecule has 40 heavy (non-hydrogen) atoms. The number of guanidine groups is 1. The van der Waals surface area contributed by atoms with Gasteiger partial charge in [0.1, 0.15) is 23.1 Å². The number of hydrogen-bond donors (Lipinski definition) is 2. The molecule has 1 aromatic heterocycles. The average Bonchev–Trinajstić information content (AvgIpc) is 3.25. The van der Waals surface area contributed by atoms with Gasteiger partial charge in [-0.3, -0.25) is 4.79 Å². The molecule has 0 bridgehead atoms. The highest BCUT2D eigenvalue weighted by molar-refractivity contribution is 6.02. The van der Waals surface area contributed by atoms with E-state index in [1.165, 1.54) is 29.2 Å². The zero-order valence-corrected chi connectivity index (χ0v) is 20.7. The molecule has 12 heteroatoms. The summed E-state index contributed by atoms with van der Waals surface area (Å²) in [5, 5.41) is 21.2. The molecule has 4 aromatic rings. The molecular weight excluding hydrogens is 535 g/mol. The van der Waals surface area contributed by atoms with Gasteiger partial charge in [0, 0.05) is 35.2 Å². The van der Waals surface area contributed by atoms with Crippen molar-refractivity contribution in [2.45, 2.75) is 31.7 Å². The lowest BCUT2D eigenvalue weighted by Gasteiger charge is -2.43. The van der Waals surface area contributed by atoms with Crippen molar-refractivity contribution >= 4 is 34.2 Å². The number of carbonyl (C=O) groups is 1. The quantitative estimate of drug-likeness (QED) is 0.295. The van der Waals surface area contributed by atoms with Crippen molar-refractivity contribution in [3.8, 4) is 5.75 Å². The number of anilines is 1. The van der Waals surface area contributed by atoms with Gasteiger partial charge in [0.15, 0.2) is 0 Å². The number of alkyl halides is 3. The molecule has 0 aliphatic carbocycles. The van der Waals surface area contributed by atoms with Crippen LogP contribution in [-0.4, -0.2) is 38.2 Å². The minimum absolute atomic E-state index is 0.0128. The number of carboxylic acids is 1. The summed E-state index contributed by atoms with van der Waals surface area (Å²) in [6, 6.07) is 11.3. The van der Waals surface area contributed by atoms with Gasteiger partial charge in [-0.1, -0.05) is 12.1 Å². The summed E-state index contributed by atoms with van der Waals surface area (Å²) < 4.78 is 72.0. The topological polar surface area (TPSA) is 81.3 Å². The third-order valence-electron chi connectivity index (χ3n) is 7.22. The van der Waals surface area contributed by atoms with Gasteiger partial charge in [0.2, 0.25) is 5.96 Å². The molecule has 0 spiro atoms. The Labute approximate surface area is 224 Å². The number of aliphatic carboxylic acids is 1. The average molecular weight is 556 g/mol. The molecule has 2 N–H and O–H groups in total. The normalized spacial score (nSPS) is 17.0. The van der Waals surface area contributed by atoms with Gasteiger partial charge in [-0.2, -0.15) is 13.2 Å². The molecule has 0 saturated heterocycles. The highest BCUT2D eigenvalue weighted by Gasteiger charge is 2.40. The van der Waals surface area contributed by atoms with E-state index in [4.69, 9.17) is 0 Å². The number of halogens is 5. The van der Waals surface area contributed by atoms with Gasteiger partial charge >= 0.3 is 12.1 Å². The van der Waals surface area contributed by atoms with Crippen LogP contribution in [0.3, 0.4) is 0 Å². The maximum absolute atomic E-state index is 15.0. The monoisotopic (exact) mass is 556 g/mol. The van der Waals surface area contributed by atoms with Crippen LogP contribution in [0.15, 0.2) is 65.7 Å². The largest absolute Gasteiger partial charge is 0.506 e. The number of hydrogen-bond acceptors (Lipinski definition) is 5. The van der Waals surface area contributed by atoms with E-state index in [0.717, 1.165) is 35.5 Å². The molecule has 2 aliphatic rings. The van der Waals surface area contributed by atoms with Gasteiger partial charge < -0.3 is 24.6 Å². The molecule has 3 aromatic carbocycles. The Morgan fingerprint density at radius 1 is 1.02 bits per heavy atom. The second kappa shape index (κ2) is 9.25. The number of rotatable bonds is 3. The van der Waals surface area contributed by atoms with Crippen LogP contribution in [0.5, 0.6) is 5.75 Å². The summed E-state index contributed by atoms with van der Waals surface area (Å²) in [5.41, 5.74) is 0.206. The van der Waals surface area contributed by atoms with Crippen LogP contribution in [0.2, 0.25) is 0 Å². The molecule has 1 unspecified atom stereocenters. The highest BCUT2D eigenvalue weighted by Crippen LogP contribution is 2.46. The molecule has 0 radical (unpaired) electrons. The zero-order valence-electron chi connectivity index (χ0n) is 20.7. The van der Waals surface area contributed by atoms with E-state index in [2.05, 4.69) is 4.99 Å². The van der Waals surface area contributed by atoms with Gasteiger partial charge in [-0.05, 0) is 48.5 Å². The maximum Gasteiger partial charge on any atom is 0.416 e. The predicted molar refractivity (Wildman–Crippen MR) is 136 cm³/mol. The number of aromatic nitrogens is 1. The van der Waals surface area contributed by atoms with Crippen LogP contribution in [0, 0.1) is 11.6 Å². The first kappa shape index (κ1) is 25.7. The number of phenolic OH excluding ortho intramolecular Hbond substituents is 1. The Morgan fingerprint density at radius 2 is 1.82 bits per heavy atom. The molecule has 7 nitrogen and oxygen atoms in total. The summed E-state index contributed by atoms with van der Waals surface area (Å²) >= 11 is 0. The fourth-order valence-electron chi connectivity index (χ4n) is 5.47. The standard InChI is InChI=1S/C28H21F5N4O3/c29-17-5-6-21-15(10-17)11-18-14-35(8-9-36(18)21)27-34-26-19(2-1-3-20(26)30)22(13-25(39)40)37(27)23-12-16(28(31,32)33)4-7-24(23)38/h1-7,10-12,22,38H,8-9,13-14H2,(H,39,40). The van der Waals surface area contributed by atoms with Crippen LogP contribution in [0.1, 0.15) is 29.3 Å². The highest BCUT2D eigenvalue weighted by atomic mass is 19.4. The molecule has 206 valence electrons. The number of fused-ring (bicyclic) bond motifs is 4. The molecule has 0 amide bonds. The summed E-state index contributed by atoms with van der Waals surface area (Å²) in [6.07, 6.45) is -5.36. The van der Waals surface area contributed by atoms with E-state index in [1.54, 1.807) is 17.0 Å². The Kier molecular flexibility index (Phi) is 5.93. The van der Waals surface area contributed by atoms with Crippen LogP contribution < -0.4 is 4.90 Å². The Morgan fingerprint density at radius 3 is 2.58 bits per heavy atom. The van der Waals surface area contributed by atoms with Crippen molar-refractivity contribution in [1.29, 1.82) is 0 Å². The lowest BCUT2D eigenvalue weighted by atomic mass is 9.96. The maximum atomic E-state index is 15.0. The molecule has 3 heterocycles. The van der Waals surface area contributed by atoms with E-state index in [9.17, 15) is 32.6 Å². The number of para-hydroxylation sites is 1. The van der Waals surface area contributed by atoms with Crippen LogP contribution in [0.25, 0.3) is 10.9 Å². The number of carboxylic acid groups (broad SMARTS) is 1. The van der Waals surface area contributed by atoms with Crippen LogP contribution >= 0.6 is 0 Å². The van der Waals surface area contributed by atoms with Gasteiger partial charge in [0.05, 0.1) is 30.3 Å². The second-order valence-electron chi connectivity index (χ2n) is 9.69. The number of aliphatic imine (C=N–C) groups is 1. The number of benzene rings is 3. The van der Waals surface area contributed by atoms with Crippen molar-refractivity contribution in [2.24, 2.45) is 4.99 Å². The lowest BCUT2D eigenvalue weighted by molar-refractivity contribution is -0.138. The molecule has 2 aliphatic heterocycles. The molecule has 1 atom stereocenters. The summed E-state index contributed by atoms with van der Waals surface area (Å²) in [6.45, 7) is 0.821. The minimum atomic E-state index is -4.75. The third-order valence-corrected chi connectivity index (χ3v) is 7.22. The van der Waals surface area contributed by atoms with Crippen molar-refractivity contribution in [1.82, 2.24) is 9.47 Å². The minimum Gasteiger partial charge on any atom is -0.506 e. The van der Waals surface area contributed by atoms with E-state index >= 15 is 4.39 Å². The predicted octanol–water partition coefficient (Wildman–Crippen LogP) is 6.18. The first-order valence-corrected chi connectivity index (χ1v) is 12.3. The molecule has 0 saturated carbocycles.